The lowest BCUT2D eigenvalue weighted by Gasteiger charge is -2.14. The monoisotopic (exact) mass is 449 g/mol. The highest BCUT2D eigenvalue weighted by molar-refractivity contribution is 8.18. The number of amides is 2. The zero-order valence-electron chi connectivity index (χ0n) is 16.6. The van der Waals surface area contributed by atoms with E-state index in [1.807, 2.05) is 0 Å². The molecule has 0 aliphatic carbocycles. The van der Waals surface area contributed by atoms with Gasteiger partial charge in [-0.1, -0.05) is 37.1 Å². The Morgan fingerprint density at radius 3 is 2.70 bits per heavy atom. The summed E-state index contributed by atoms with van der Waals surface area (Å²) in [7, 11) is 1.54. The van der Waals surface area contributed by atoms with Crippen molar-refractivity contribution < 1.29 is 23.5 Å². The third-order valence-electron chi connectivity index (χ3n) is 4.49. The Labute approximate surface area is 183 Å². The van der Waals surface area contributed by atoms with Gasteiger partial charge in [-0.25, -0.2) is 4.39 Å². The summed E-state index contributed by atoms with van der Waals surface area (Å²) in [4.78, 5) is 26.3. The van der Waals surface area contributed by atoms with Gasteiger partial charge in [0.1, 0.15) is 5.82 Å². The number of nitrogens with zero attached hydrogens (tertiary/aromatic N) is 1. The minimum atomic E-state index is -0.561. The maximum absolute atomic E-state index is 14.1. The molecule has 2 amide bonds. The Hall–Kier alpha value is -2.51. The molecule has 1 heterocycles. The van der Waals surface area contributed by atoms with Gasteiger partial charge < -0.3 is 9.47 Å². The molecular weight excluding hydrogens is 429 g/mol. The third kappa shape index (κ3) is 4.96. The molecule has 1 fully saturated rings. The second kappa shape index (κ2) is 10.00. The van der Waals surface area contributed by atoms with Gasteiger partial charge in [0.05, 0.1) is 25.2 Å². The number of benzene rings is 2. The first-order valence-corrected chi connectivity index (χ1v) is 10.6. The van der Waals surface area contributed by atoms with Gasteiger partial charge in [0.2, 0.25) is 0 Å². The van der Waals surface area contributed by atoms with Crippen LogP contribution >= 0.6 is 23.4 Å². The molecule has 0 spiro atoms. The molecule has 8 heteroatoms. The van der Waals surface area contributed by atoms with E-state index < -0.39 is 17.0 Å². The van der Waals surface area contributed by atoms with Crippen molar-refractivity contribution in [3.63, 3.8) is 0 Å². The molecule has 1 saturated heterocycles. The number of rotatable bonds is 8. The van der Waals surface area contributed by atoms with E-state index in [0.717, 1.165) is 29.5 Å². The van der Waals surface area contributed by atoms with E-state index in [1.54, 1.807) is 24.3 Å². The van der Waals surface area contributed by atoms with Crippen LogP contribution in [0.3, 0.4) is 0 Å². The summed E-state index contributed by atoms with van der Waals surface area (Å²) in [6.07, 6.45) is 3.56. The van der Waals surface area contributed by atoms with E-state index in [9.17, 15) is 14.0 Å². The predicted octanol–water partition coefficient (Wildman–Crippen LogP) is 5.90. The number of imide groups is 1. The summed E-state index contributed by atoms with van der Waals surface area (Å²) in [6.45, 7) is 2.45. The topological polar surface area (TPSA) is 55.8 Å². The summed E-state index contributed by atoms with van der Waals surface area (Å²) >= 11 is 6.83. The highest BCUT2D eigenvalue weighted by atomic mass is 35.5. The first kappa shape index (κ1) is 22.2. The molecule has 0 atom stereocenters. The molecule has 0 radical (unpaired) electrons. The molecular formula is C22H21ClFNO4S. The lowest BCUT2D eigenvalue weighted by atomic mass is 10.1. The van der Waals surface area contributed by atoms with Crippen LogP contribution in [-0.4, -0.2) is 29.8 Å². The first-order valence-electron chi connectivity index (χ1n) is 9.43. The molecule has 0 bridgehead atoms. The standard InChI is InChI=1S/C22H21ClFNO4S/c1-3-4-10-29-18-9-8-14(11-19(18)28-2)12-20-21(26)25(22(27)30-20)13-15-16(23)6-5-7-17(15)24/h5-9,11-12H,3-4,10,13H2,1-2H3/b20-12-. The number of hydrogen-bond donors (Lipinski definition) is 0. The summed E-state index contributed by atoms with van der Waals surface area (Å²) < 4.78 is 25.1. The minimum absolute atomic E-state index is 0.109. The summed E-state index contributed by atoms with van der Waals surface area (Å²) in [5.41, 5.74) is 0.794. The Bertz CT molecular complexity index is 975. The lowest BCUT2D eigenvalue weighted by Crippen LogP contribution is -2.28. The van der Waals surface area contributed by atoms with E-state index >= 15 is 0 Å². The van der Waals surface area contributed by atoms with Crippen molar-refractivity contribution in [3.05, 3.63) is 63.3 Å². The Morgan fingerprint density at radius 2 is 2.00 bits per heavy atom. The van der Waals surface area contributed by atoms with Crippen LogP contribution < -0.4 is 9.47 Å². The number of carbonyl (C=O) groups excluding carboxylic acids is 2. The fourth-order valence-corrected chi connectivity index (χ4v) is 3.91. The minimum Gasteiger partial charge on any atom is -0.493 e. The maximum atomic E-state index is 14.1. The van der Waals surface area contributed by atoms with E-state index in [0.29, 0.717) is 23.7 Å². The second-order valence-electron chi connectivity index (χ2n) is 6.58. The van der Waals surface area contributed by atoms with Gasteiger partial charge in [-0.15, -0.1) is 0 Å². The van der Waals surface area contributed by atoms with Crippen LogP contribution in [-0.2, 0) is 11.3 Å². The van der Waals surface area contributed by atoms with Crippen molar-refractivity contribution in [2.45, 2.75) is 26.3 Å². The smallest absolute Gasteiger partial charge is 0.293 e. The highest BCUT2D eigenvalue weighted by Gasteiger charge is 2.35. The molecule has 1 aliphatic heterocycles. The van der Waals surface area contributed by atoms with Gasteiger partial charge in [-0.2, -0.15) is 0 Å². The Morgan fingerprint density at radius 1 is 1.20 bits per heavy atom. The van der Waals surface area contributed by atoms with E-state index in [2.05, 4.69) is 6.92 Å². The largest absolute Gasteiger partial charge is 0.493 e. The fraction of sp³-hybridized carbons (Fsp3) is 0.273. The zero-order valence-corrected chi connectivity index (χ0v) is 18.2. The van der Waals surface area contributed by atoms with Crippen LogP contribution in [0, 0.1) is 5.82 Å². The van der Waals surface area contributed by atoms with Gasteiger partial charge in [-0.05, 0) is 54.1 Å². The van der Waals surface area contributed by atoms with E-state index in [1.165, 1.54) is 25.3 Å². The number of carbonyl (C=O) groups is 2. The van der Waals surface area contributed by atoms with Gasteiger partial charge in [-0.3, -0.25) is 14.5 Å². The van der Waals surface area contributed by atoms with Crippen molar-refractivity contribution in [3.8, 4) is 11.5 Å². The van der Waals surface area contributed by atoms with Crippen molar-refractivity contribution in [1.29, 1.82) is 0 Å². The molecule has 3 rings (SSSR count). The van der Waals surface area contributed by atoms with Crippen molar-refractivity contribution >= 4 is 40.6 Å². The zero-order chi connectivity index (χ0) is 21.7. The number of ether oxygens (including phenoxy) is 2. The molecule has 5 nitrogen and oxygen atoms in total. The fourth-order valence-electron chi connectivity index (χ4n) is 2.85. The average molecular weight is 450 g/mol. The molecule has 2 aromatic rings. The molecule has 0 unspecified atom stereocenters. The summed E-state index contributed by atoms with van der Waals surface area (Å²) in [6, 6.07) is 9.52. The highest BCUT2D eigenvalue weighted by Crippen LogP contribution is 2.36. The number of thioether (sulfide) groups is 1. The van der Waals surface area contributed by atoms with Crippen molar-refractivity contribution in [2.24, 2.45) is 0 Å². The van der Waals surface area contributed by atoms with Crippen molar-refractivity contribution in [2.75, 3.05) is 13.7 Å². The number of hydrogen-bond acceptors (Lipinski definition) is 5. The van der Waals surface area contributed by atoms with E-state index in [-0.39, 0.29) is 22.0 Å². The lowest BCUT2D eigenvalue weighted by molar-refractivity contribution is -0.123. The molecule has 0 saturated carbocycles. The van der Waals surface area contributed by atoms with E-state index in [4.69, 9.17) is 21.1 Å². The van der Waals surface area contributed by atoms with Crippen LogP contribution in [0.15, 0.2) is 41.3 Å². The predicted molar refractivity (Wildman–Crippen MR) is 116 cm³/mol. The van der Waals surface area contributed by atoms with Gasteiger partial charge >= 0.3 is 0 Å². The first-order chi connectivity index (χ1) is 14.4. The van der Waals surface area contributed by atoms with Crippen LogP contribution in [0.4, 0.5) is 9.18 Å². The van der Waals surface area contributed by atoms with Crippen LogP contribution in [0.1, 0.15) is 30.9 Å². The summed E-state index contributed by atoms with van der Waals surface area (Å²) in [5, 5.41) is -0.307. The van der Waals surface area contributed by atoms with Gasteiger partial charge in [0.25, 0.3) is 11.1 Å². The van der Waals surface area contributed by atoms with Crippen LogP contribution in [0.5, 0.6) is 11.5 Å². The Balaban J connectivity index is 1.79. The molecule has 0 N–H and O–H groups in total. The quantitative estimate of drug-likeness (QED) is 0.370. The number of halogens is 2. The molecule has 158 valence electrons. The van der Waals surface area contributed by atoms with Gasteiger partial charge in [0, 0.05) is 10.6 Å². The summed E-state index contributed by atoms with van der Waals surface area (Å²) in [5.74, 6) is 0.100. The maximum Gasteiger partial charge on any atom is 0.293 e. The van der Waals surface area contributed by atoms with Gasteiger partial charge in [0.15, 0.2) is 11.5 Å². The third-order valence-corrected chi connectivity index (χ3v) is 5.75. The Kier molecular flexibility index (Phi) is 7.39. The molecule has 2 aromatic carbocycles. The van der Waals surface area contributed by atoms with Crippen LogP contribution in [0.2, 0.25) is 5.02 Å². The molecule has 30 heavy (non-hydrogen) atoms. The molecule has 1 aliphatic rings. The van der Waals surface area contributed by atoms with Crippen molar-refractivity contribution in [1.82, 2.24) is 4.90 Å². The second-order valence-corrected chi connectivity index (χ2v) is 7.98. The molecule has 0 aromatic heterocycles. The number of methoxy groups -OCH3 is 1. The SMILES string of the molecule is CCCCOc1ccc(/C=C2\SC(=O)N(Cc3c(F)cccc3Cl)C2=O)cc1OC. The normalized spacial score (nSPS) is 15.2. The number of unbranched alkanes of at least 4 members (excludes halogenated alkanes) is 1. The van der Waals surface area contributed by atoms with Crippen LogP contribution in [0.25, 0.3) is 6.08 Å². The average Bonchev–Trinajstić information content (AvgIpc) is 2.98.